The van der Waals surface area contributed by atoms with Crippen LogP contribution in [0.3, 0.4) is 0 Å². The quantitative estimate of drug-likeness (QED) is 0.781. The van der Waals surface area contributed by atoms with Crippen LogP contribution in [0.4, 0.5) is 4.39 Å². The molecule has 0 aromatic heterocycles. The van der Waals surface area contributed by atoms with Crippen molar-refractivity contribution in [3.8, 4) is 0 Å². The Kier molecular flexibility index (Phi) is 6.14. The highest BCUT2D eigenvalue weighted by atomic mass is 19.1. The number of halogens is 1. The first kappa shape index (κ1) is 18.6. The lowest BCUT2D eigenvalue weighted by molar-refractivity contribution is -0.142. The summed E-state index contributed by atoms with van der Waals surface area (Å²) >= 11 is 0. The van der Waals surface area contributed by atoms with Crippen LogP contribution in [0.25, 0.3) is 0 Å². The van der Waals surface area contributed by atoms with Gasteiger partial charge in [-0.3, -0.25) is 0 Å². The molecule has 0 bridgehead atoms. The minimum absolute atomic E-state index is 0.0347. The first-order valence-electron chi connectivity index (χ1n) is 7.42. The summed E-state index contributed by atoms with van der Waals surface area (Å²) in [6.45, 7) is 8.97. The van der Waals surface area contributed by atoms with Gasteiger partial charge in [0, 0.05) is 7.11 Å². The summed E-state index contributed by atoms with van der Waals surface area (Å²) in [6, 6.07) is 0. The third kappa shape index (κ3) is 3.67. The zero-order valence-corrected chi connectivity index (χ0v) is 14.0. The van der Waals surface area contributed by atoms with E-state index in [4.69, 9.17) is 14.2 Å². The SMILES string of the molecule is CCC1(OC(C)C)C=C(F)C(C(=O)O)=C(OC(C)C)C1OC. The van der Waals surface area contributed by atoms with E-state index < -0.39 is 29.1 Å². The van der Waals surface area contributed by atoms with Crippen molar-refractivity contribution in [2.45, 2.75) is 65.0 Å². The molecule has 2 atom stereocenters. The molecule has 5 nitrogen and oxygen atoms in total. The predicted octanol–water partition coefficient (Wildman–Crippen LogP) is 3.21. The molecule has 0 aromatic carbocycles. The molecule has 0 heterocycles. The van der Waals surface area contributed by atoms with Crippen molar-refractivity contribution in [2.24, 2.45) is 0 Å². The molecule has 6 heteroatoms. The maximum absolute atomic E-state index is 14.4. The van der Waals surface area contributed by atoms with Crippen LogP contribution in [-0.2, 0) is 19.0 Å². The van der Waals surface area contributed by atoms with Crippen LogP contribution in [0.1, 0.15) is 41.0 Å². The van der Waals surface area contributed by atoms with E-state index in [2.05, 4.69) is 0 Å². The third-order valence-electron chi connectivity index (χ3n) is 3.36. The maximum atomic E-state index is 14.4. The summed E-state index contributed by atoms with van der Waals surface area (Å²) in [5, 5.41) is 9.31. The average molecular weight is 316 g/mol. The first-order valence-corrected chi connectivity index (χ1v) is 7.42. The van der Waals surface area contributed by atoms with Gasteiger partial charge in [0.2, 0.25) is 0 Å². The zero-order valence-electron chi connectivity index (χ0n) is 14.0. The highest BCUT2D eigenvalue weighted by Crippen LogP contribution is 2.40. The van der Waals surface area contributed by atoms with Crippen molar-refractivity contribution >= 4 is 5.97 Å². The first-order chi connectivity index (χ1) is 10.2. The molecule has 1 aliphatic rings. The smallest absolute Gasteiger partial charge is 0.342 e. The number of rotatable bonds is 7. The fourth-order valence-electron chi connectivity index (χ4n) is 2.63. The van der Waals surface area contributed by atoms with Crippen LogP contribution in [0, 0.1) is 0 Å². The molecule has 126 valence electrons. The lowest BCUT2D eigenvalue weighted by Gasteiger charge is -2.42. The van der Waals surface area contributed by atoms with Crippen molar-refractivity contribution in [1.29, 1.82) is 0 Å². The zero-order chi connectivity index (χ0) is 17.1. The molecule has 0 saturated heterocycles. The Hall–Kier alpha value is -1.40. The second-order valence-corrected chi connectivity index (χ2v) is 5.79. The van der Waals surface area contributed by atoms with E-state index in [1.54, 1.807) is 13.8 Å². The Bertz CT molecular complexity index is 481. The van der Waals surface area contributed by atoms with E-state index in [9.17, 15) is 14.3 Å². The number of ether oxygens (including phenoxy) is 3. The standard InChI is InChI=1S/C16H25FO5/c1-7-16(22-10(4)5)8-11(17)12(15(18)19)13(14(16)20-6)21-9(2)3/h8-10,14H,7H2,1-6H3,(H,18,19). The molecule has 0 fully saturated rings. The molecule has 1 N–H and O–H groups in total. The van der Waals surface area contributed by atoms with Crippen LogP contribution in [0.2, 0.25) is 0 Å². The van der Waals surface area contributed by atoms with Gasteiger partial charge < -0.3 is 19.3 Å². The Balaban J connectivity index is 3.49. The highest BCUT2D eigenvalue weighted by molar-refractivity contribution is 5.92. The van der Waals surface area contributed by atoms with Gasteiger partial charge in [0.15, 0.2) is 0 Å². The van der Waals surface area contributed by atoms with Gasteiger partial charge in [0.25, 0.3) is 0 Å². The average Bonchev–Trinajstić information content (AvgIpc) is 2.36. The Morgan fingerprint density at radius 3 is 2.32 bits per heavy atom. The number of carbonyl (C=O) groups is 1. The lowest BCUT2D eigenvalue weighted by atomic mass is 9.84. The molecule has 0 radical (unpaired) electrons. The van der Waals surface area contributed by atoms with Gasteiger partial charge in [-0.1, -0.05) is 6.92 Å². The van der Waals surface area contributed by atoms with Crippen molar-refractivity contribution in [3.05, 3.63) is 23.2 Å². The summed E-state index contributed by atoms with van der Waals surface area (Å²) in [5.74, 6) is -2.29. The Morgan fingerprint density at radius 2 is 1.95 bits per heavy atom. The van der Waals surface area contributed by atoms with Gasteiger partial charge in [0.1, 0.15) is 28.9 Å². The number of aliphatic carboxylic acids is 1. The molecule has 1 aliphatic carbocycles. The normalized spacial score (nSPS) is 25.7. The van der Waals surface area contributed by atoms with Gasteiger partial charge in [-0.15, -0.1) is 0 Å². The second kappa shape index (κ2) is 7.24. The molecular formula is C16H25FO5. The topological polar surface area (TPSA) is 65.0 Å². The van der Waals surface area contributed by atoms with Crippen LogP contribution in [-0.4, -0.2) is 42.1 Å². The number of carboxylic acid groups (broad SMARTS) is 1. The molecule has 0 aromatic rings. The monoisotopic (exact) mass is 316 g/mol. The largest absolute Gasteiger partial charge is 0.491 e. The molecule has 22 heavy (non-hydrogen) atoms. The van der Waals surface area contributed by atoms with Gasteiger partial charge >= 0.3 is 5.97 Å². The van der Waals surface area contributed by atoms with E-state index in [0.717, 1.165) is 0 Å². The van der Waals surface area contributed by atoms with Crippen LogP contribution in [0.15, 0.2) is 23.2 Å². The lowest BCUT2D eigenvalue weighted by Crippen LogP contribution is -2.50. The molecular weight excluding hydrogens is 291 g/mol. The summed E-state index contributed by atoms with van der Waals surface area (Å²) in [6.07, 6.45) is 0.273. The highest BCUT2D eigenvalue weighted by Gasteiger charge is 2.48. The number of hydrogen-bond acceptors (Lipinski definition) is 4. The van der Waals surface area contributed by atoms with E-state index in [1.165, 1.54) is 13.2 Å². The molecule has 1 rings (SSSR count). The Morgan fingerprint density at radius 1 is 1.36 bits per heavy atom. The van der Waals surface area contributed by atoms with E-state index >= 15 is 0 Å². The van der Waals surface area contributed by atoms with Crippen LogP contribution < -0.4 is 0 Å². The van der Waals surface area contributed by atoms with E-state index in [0.29, 0.717) is 6.42 Å². The summed E-state index contributed by atoms with van der Waals surface area (Å²) < 4.78 is 31.4. The molecule has 0 spiro atoms. The summed E-state index contributed by atoms with van der Waals surface area (Å²) in [7, 11) is 1.43. The molecule has 0 aliphatic heterocycles. The van der Waals surface area contributed by atoms with Crippen LogP contribution in [0.5, 0.6) is 0 Å². The fourth-order valence-corrected chi connectivity index (χ4v) is 2.63. The minimum Gasteiger partial charge on any atom is -0.491 e. The van der Waals surface area contributed by atoms with Crippen molar-refractivity contribution in [2.75, 3.05) is 7.11 Å². The predicted molar refractivity (Wildman–Crippen MR) is 80.1 cm³/mol. The van der Waals surface area contributed by atoms with Gasteiger partial charge in [-0.25, -0.2) is 9.18 Å². The van der Waals surface area contributed by atoms with E-state index in [1.807, 2.05) is 20.8 Å². The second-order valence-electron chi connectivity index (χ2n) is 5.79. The minimum atomic E-state index is -1.39. The molecule has 0 amide bonds. The fraction of sp³-hybridized carbons (Fsp3) is 0.688. The number of carboxylic acids is 1. The number of methoxy groups -OCH3 is 1. The van der Waals surface area contributed by atoms with E-state index in [-0.39, 0.29) is 18.0 Å². The summed E-state index contributed by atoms with van der Waals surface area (Å²) in [4.78, 5) is 11.4. The van der Waals surface area contributed by atoms with Gasteiger partial charge in [0.05, 0.1) is 12.2 Å². The van der Waals surface area contributed by atoms with Gasteiger partial charge in [-0.2, -0.15) is 0 Å². The van der Waals surface area contributed by atoms with Crippen LogP contribution >= 0.6 is 0 Å². The Labute approximate surface area is 130 Å². The number of hydrogen-bond donors (Lipinski definition) is 1. The molecule has 0 saturated carbocycles. The van der Waals surface area contributed by atoms with Crippen molar-refractivity contribution < 1.29 is 28.5 Å². The third-order valence-corrected chi connectivity index (χ3v) is 3.36. The maximum Gasteiger partial charge on any atom is 0.342 e. The molecule has 2 unspecified atom stereocenters. The van der Waals surface area contributed by atoms with Crippen molar-refractivity contribution in [3.63, 3.8) is 0 Å². The summed E-state index contributed by atoms with van der Waals surface area (Å²) in [5.41, 5.74) is -1.60. The van der Waals surface area contributed by atoms with Crippen molar-refractivity contribution in [1.82, 2.24) is 0 Å². The van der Waals surface area contributed by atoms with Gasteiger partial charge in [-0.05, 0) is 40.2 Å².